The van der Waals surface area contributed by atoms with E-state index in [1.807, 2.05) is 0 Å². The minimum absolute atomic E-state index is 0.0796. The number of nitrogens with zero attached hydrogens (tertiary/aromatic N) is 2. The van der Waals surface area contributed by atoms with E-state index in [0.717, 1.165) is 5.56 Å². The van der Waals surface area contributed by atoms with Gasteiger partial charge in [0.25, 0.3) is 0 Å². The van der Waals surface area contributed by atoms with Crippen molar-refractivity contribution in [3.8, 4) is 0 Å². The molecule has 0 aliphatic carbocycles. The zero-order valence-corrected chi connectivity index (χ0v) is 11.4. The number of anilines is 2. The number of nitrogen functional groups attached to an aromatic ring is 1. The molecular weight excluding hydrogens is 287 g/mol. The fraction of sp³-hybridized carbons (Fsp3) is 0.167. The summed E-state index contributed by atoms with van der Waals surface area (Å²) in [4.78, 5) is 7.70. The molecule has 1 heterocycles. The van der Waals surface area contributed by atoms with Crippen molar-refractivity contribution in [2.24, 2.45) is 0 Å². The average molecular weight is 299 g/mol. The molecule has 0 aliphatic rings. The zero-order chi connectivity index (χ0) is 13.8. The summed E-state index contributed by atoms with van der Waals surface area (Å²) in [5.41, 5.74) is 6.22. The van der Waals surface area contributed by atoms with Crippen LogP contribution < -0.4 is 11.1 Å². The molecular formula is C12H12Cl2N4O. The molecule has 0 fully saturated rings. The number of aliphatic hydroxyl groups excluding tert-OH is 1. The molecule has 0 aliphatic heterocycles. The molecule has 7 heteroatoms. The quantitative estimate of drug-likeness (QED) is 0.755. The summed E-state index contributed by atoms with van der Waals surface area (Å²) in [5.74, 6) is 0.543. The summed E-state index contributed by atoms with van der Waals surface area (Å²) in [5, 5.41) is 13.8. The van der Waals surface area contributed by atoms with Gasteiger partial charge < -0.3 is 16.2 Å². The largest absolute Gasteiger partial charge is 0.387 e. The monoisotopic (exact) mass is 298 g/mol. The molecule has 19 heavy (non-hydrogen) atoms. The van der Waals surface area contributed by atoms with Crippen LogP contribution in [0, 0.1) is 0 Å². The van der Waals surface area contributed by atoms with Gasteiger partial charge in [-0.2, -0.15) is 4.98 Å². The third kappa shape index (κ3) is 3.96. The molecule has 5 nitrogen and oxygen atoms in total. The standard InChI is InChI=1S/C12H12Cl2N4O/c13-8-3-1-7(2-4-8)9(19)6-16-11-5-10(14)17-12(15)18-11/h1-5,9,19H,6H2,(H3,15,16,17,18)/t9-/m0/s1. The highest BCUT2D eigenvalue weighted by molar-refractivity contribution is 6.30. The summed E-state index contributed by atoms with van der Waals surface area (Å²) in [6, 6.07) is 8.50. The highest BCUT2D eigenvalue weighted by Gasteiger charge is 2.08. The van der Waals surface area contributed by atoms with Crippen LogP contribution in [0.3, 0.4) is 0 Å². The lowest BCUT2D eigenvalue weighted by Gasteiger charge is -2.13. The molecule has 1 aromatic heterocycles. The first kappa shape index (κ1) is 13.9. The molecule has 2 aromatic rings. The molecule has 0 bridgehead atoms. The number of nitrogens with one attached hydrogen (secondary N) is 1. The lowest BCUT2D eigenvalue weighted by molar-refractivity contribution is 0.191. The van der Waals surface area contributed by atoms with Crippen LogP contribution in [0.5, 0.6) is 0 Å². The van der Waals surface area contributed by atoms with Crippen molar-refractivity contribution >= 4 is 35.0 Å². The first-order chi connectivity index (χ1) is 9.04. The van der Waals surface area contributed by atoms with Crippen LogP contribution in [-0.4, -0.2) is 21.6 Å². The molecule has 100 valence electrons. The smallest absolute Gasteiger partial charge is 0.223 e. The Bertz CT molecular complexity index is 542. The first-order valence-corrected chi connectivity index (χ1v) is 6.27. The van der Waals surface area contributed by atoms with E-state index in [1.54, 1.807) is 24.3 Å². The minimum atomic E-state index is -0.688. The maximum Gasteiger partial charge on any atom is 0.223 e. The number of hydrogen-bond acceptors (Lipinski definition) is 5. The van der Waals surface area contributed by atoms with E-state index in [0.29, 0.717) is 10.8 Å². The van der Waals surface area contributed by atoms with Gasteiger partial charge in [-0.3, -0.25) is 0 Å². The van der Waals surface area contributed by atoms with Gasteiger partial charge in [0.15, 0.2) is 0 Å². The zero-order valence-electron chi connectivity index (χ0n) is 9.85. The molecule has 0 saturated heterocycles. The van der Waals surface area contributed by atoms with E-state index >= 15 is 0 Å². The van der Waals surface area contributed by atoms with Crippen molar-refractivity contribution in [1.29, 1.82) is 0 Å². The van der Waals surface area contributed by atoms with Crippen molar-refractivity contribution in [3.63, 3.8) is 0 Å². The van der Waals surface area contributed by atoms with E-state index in [1.165, 1.54) is 6.07 Å². The van der Waals surface area contributed by atoms with Crippen molar-refractivity contribution in [3.05, 3.63) is 46.1 Å². The van der Waals surface area contributed by atoms with Crippen molar-refractivity contribution in [2.75, 3.05) is 17.6 Å². The fourth-order valence-electron chi connectivity index (χ4n) is 1.53. The van der Waals surface area contributed by atoms with Gasteiger partial charge in [-0.25, -0.2) is 4.98 Å². The normalized spacial score (nSPS) is 12.2. The molecule has 0 unspecified atom stereocenters. The Morgan fingerprint density at radius 3 is 2.53 bits per heavy atom. The van der Waals surface area contributed by atoms with Crippen LogP contribution in [0.15, 0.2) is 30.3 Å². The number of hydrogen-bond donors (Lipinski definition) is 3. The minimum Gasteiger partial charge on any atom is -0.387 e. The highest BCUT2D eigenvalue weighted by atomic mass is 35.5. The van der Waals surface area contributed by atoms with Gasteiger partial charge in [-0.15, -0.1) is 0 Å². The SMILES string of the molecule is Nc1nc(Cl)cc(NC[C@H](O)c2ccc(Cl)cc2)n1. The molecule has 0 radical (unpaired) electrons. The molecule has 0 amide bonds. The fourth-order valence-corrected chi connectivity index (χ4v) is 1.85. The predicted octanol–water partition coefficient (Wildman–Crippen LogP) is 2.51. The molecule has 0 saturated carbocycles. The number of rotatable bonds is 4. The summed E-state index contributed by atoms with van der Waals surface area (Å²) in [6.07, 6.45) is -0.688. The summed E-state index contributed by atoms with van der Waals surface area (Å²) >= 11 is 11.5. The van der Waals surface area contributed by atoms with Gasteiger partial charge >= 0.3 is 0 Å². The second kappa shape index (κ2) is 6.06. The van der Waals surface area contributed by atoms with Crippen molar-refractivity contribution in [2.45, 2.75) is 6.10 Å². The lowest BCUT2D eigenvalue weighted by Crippen LogP contribution is -2.13. The Kier molecular flexibility index (Phi) is 4.42. The van der Waals surface area contributed by atoms with Gasteiger partial charge in [0.2, 0.25) is 5.95 Å². The predicted molar refractivity (Wildman–Crippen MR) is 76.4 cm³/mol. The van der Waals surface area contributed by atoms with Gasteiger partial charge in [-0.05, 0) is 17.7 Å². The van der Waals surface area contributed by atoms with Gasteiger partial charge in [0.05, 0.1) is 6.10 Å². The lowest BCUT2D eigenvalue weighted by atomic mass is 10.1. The van der Waals surface area contributed by atoms with Crippen LogP contribution in [-0.2, 0) is 0 Å². The number of benzene rings is 1. The van der Waals surface area contributed by atoms with Crippen LogP contribution in [0.2, 0.25) is 10.2 Å². The van der Waals surface area contributed by atoms with Crippen LogP contribution >= 0.6 is 23.2 Å². The molecule has 0 spiro atoms. The molecule has 1 aromatic carbocycles. The Balaban J connectivity index is 1.99. The topological polar surface area (TPSA) is 84.1 Å². The van der Waals surface area contributed by atoms with E-state index in [4.69, 9.17) is 28.9 Å². The summed E-state index contributed by atoms with van der Waals surface area (Å²) < 4.78 is 0. The second-order valence-electron chi connectivity index (χ2n) is 3.88. The van der Waals surface area contributed by atoms with Crippen molar-refractivity contribution < 1.29 is 5.11 Å². The molecule has 1 atom stereocenters. The number of halogens is 2. The van der Waals surface area contributed by atoms with E-state index in [2.05, 4.69) is 15.3 Å². The van der Waals surface area contributed by atoms with Gasteiger partial charge in [0, 0.05) is 17.6 Å². The maximum atomic E-state index is 10.00. The Morgan fingerprint density at radius 2 is 1.89 bits per heavy atom. The Hall–Kier alpha value is -1.56. The van der Waals surface area contributed by atoms with Crippen LogP contribution in [0.4, 0.5) is 11.8 Å². The van der Waals surface area contributed by atoms with Crippen molar-refractivity contribution in [1.82, 2.24) is 9.97 Å². The maximum absolute atomic E-state index is 10.00. The van der Waals surface area contributed by atoms with E-state index < -0.39 is 6.10 Å². The van der Waals surface area contributed by atoms with Crippen LogP contribution in [0.1, 0.15) is 11.7 Å². The summed E-state index contributed by atoms with van der Waals surface area (Å²) in [6.45, 7) is 0.272. The van der Waals surface area contributed by atoms with Crippen LogP contribution in [0.25, 0.3) is 0 Å². The first-order valence-electron chi connectivity index (χ1n) is 5.52. The molecule has 2 rings (SSSR count). The summed E-state index contributed by atoms with van der Waals surface area (Å²) in [7, 11) is 0. The number of aromatic nitrogens is 2. The van der Waals surface area contributed by atoms with Gasteiger partial charge in [-0.1, -0.05) is 35.3 Å². The second-order valence-corrected chi connectivity index (χ2v) is 4.71. The Labute approximate surface area is 120 Å². The Morgan fingerprint density at radius 1 is 1.21 bits per heavy atom. The number of aliphatic hydroxyl groups is 1. The average Bonchev–Trinajstić information content (AvgIpc) is 2.36. The molecule has 4 N–H and O–H groups in total. The van der Waals surface area contributed by atoms with Gasteiger partial charge in [0.1, 0.15) is 11.0 Å². The van der Waals surface area contributed by atoms with E-state index in [-0.39, 0.29) is 17.6 Å². The third-order valence-electron chi connectivity index (χ3n) is 2.44. The number of nitrogens with two attached hydrogens (primary N) is 1. The third-order valence-corrected chi connectivity index (χ3v) is 2.89. The highest BCUT2D eigenvalue weighted by Crippen LogP contribution is 2.18. The van der Waals surface area contributed by atoms with E-state index in [9.17, 15) is 5.11 Å².